The number of para-hydroxylation sites is 1. The molecule has 9 heteroatoms. The summed E-state index contributed by atoms with van der Waals surface area (Å²) in [5, 5.41) is 17.3. The number of furan rings is 1. The topological polar surface area (TPSA) is 115 Å². The lowest BCUT2D eigenvalue weighted by molar-refractivity contribution is -0.121. The van der Waals surface area contributed by atoms with E-state index in [-0.39, 0.29) is 12.4 Å². The predicted octanol–water partition coefficient (Wildman–Crippen LogP) is 0.932. The van der Waals surface area contributed by atoms with Crippen LogP contribution in [0.25, 0.3) is 22.6 Å². The van der Waals surface area contributed by atoms with Gasteiger partial charge in [-0.2, -0.15) is 4.80 Å². The summed E-state index contributed by atoms with van der Waals surface area (Å²) in [6.45, 7) is 1.96. The van der Waals surface area contributed by atoms with Gasteiger partial charge in [-0.15, -0.1) is 10.2 Å². The number of aromatic nitrogens is 4. The van der Waals surface area contributed by atoms with E-state index in [0.29, 0.717) is 17.9 Å². The Morgan fingerprint density at radius 2 is 2.13 bits per heavy atom. The van der Waals surface area contributed by atoms with Gasteiger partial charge in [0.25, 0.3) is 5.91 Å². The van der Waals surface area contributed by atoms with E-state index >= 15 is 0 Å². The second kappa shape index (κ2) is 6.26. The summed E-state index contributed by atoms with van der Waals surface area (Å²) in [6, 6.07) is 8.75. The number of amides is 3. The van der Waals surface area contributed by atoms with Crippen LogP contribution in [0.3, 0.4) is 0 Å². The van der Waals surface area contributed by atoms with Crippen molar-refractivity contribution in [3.8, 4) is 11.6 Å². The molecule has 118 valence electrons. The second-order valence-electron chi connectivity index (χ2n) is 4.70. The number of rotatable bonds is 4. The van der Waals surface area contributed by atoms with Crippen LogP contribution in [0.5, 0.6) is 0 Å². The number of nitrogens with zero attached hydrogens (tertiary/aromatic N) is 4. The van der Waals surface area contributed by atoms with Crippen molar-refractivity contribution in [2.24, 2.45) is 0 Å². The molecule has 0 aliphatic rings. The van der Waals surface area contributed by atoms with Crippen LogP contribution in [0.15, 0.2) is 34.7 Å². The van der Waals surface area contributed by atoms with Gasteiger partial charge in [-0.25, -0.2) is 4.79 Å². The SMILES string of the molecule is CCNC(=O)NC(=O)Cn1nnc(-c2cc3ccccc3o2)n1. The number of imide groups is 1. The lowest BCUT2D eigenvalue weighted by Crippen LogP contribution is -2.41. The molecular formula is C14H14N6O3. The summed E-state index contributed by atoms with van der Waals surface area (Å²) in [5.41, 5.74) is 0.716. The molecule has 1 aromatic carbocycles. The first-order valence-electron chi connectivity index (χ1n) is 7.00. The Balaban J connectivity index is 1.70. The lowest BCUT2D eigenvalue weighted by Gasteiger charge is -2.03. The zero-order valence-electron chi connectivity index (χ0n) is 12.3. The molecule has 0 aliphatic carbocycles. The Hall–Kier alpha value is -3.23. The zero-order chi connectivity index (χ0) is 16.2. The fourth-order valence-corrected chi connectivity index (χ4v) is 2.00. The van der Waals surface area contributed by atoms with Gasteiger partial charge in [-0.1, -0.05) is 18.2 Å². The van der Waals surface area contributed by atoms with E-state index in [0.717, 1.165) is 10.2 Å². The van der Waals surface area contributed by atoms with E-state index in [1.54, 1.807) is 13.0 Å². The molecule has 3 rings (SSSR count). The second-order valence-corrected chi connectivity index (χ2v) is 4.70. The standard InChI is InChI=1S/C14H14N6O3/c1-2-15-14(22)16-12(21)8-20-18-13(17-19-20)11-7-9-5-3-4-6-10(9)23-11/h3-7H,2,8H2,1H3,(H2,15,16,21,22). The van der Waals surface area contributed by atoms with E-state index in [2.05, 4.69) is 26.0 Å². The van der Waals surface area contributed by atoms with Gasteiger partial charge in [0.1, 0.15) is 12.1 Å². The molecule has 0 saturated carbocycles. The van der Waals surface area contributed by atoms with E-state index in [4.69, 9.17) is 4.42 Å². The van der Waals surface area contributed by atoms with Crippen molar-refractivity contribution in [2.45, 2.75) is 13.5 Å². The summed E-state index contributed by atoms with van der Waals surface area (Å²) >= 11 is 0. The summed E-state index contributed by atoms with van der Waals surface area (Å²) in [4.78, 5) is 24.0. The van der Waals surface area contributed by atoms with Crippen LogP contribution in [0.1, 0.15) is 6.92 Å². The first-order valence-corrected chi connectivity index (χ1v) is 7.00. The van der Waals surface area contributed by atoms with Gasteiger partial charge < -0.3 is 9.73 Å². The number of carbonyl (C=O) groups is 2. The number of nitrogens with one attached hydrogen (secondary N) is 2. The third-order valence-corrected chi connectivity index (χ3v) is 2.97. The minimum Gasteiger partial charge on any atom is -0.453 e. The van der Waals surface area contributed by atoms with Gasteiger partial charge in [-0.05, 0) is 24.3 Å². The number of urea groups is 1. The molecule has 0 aliphatic heterocycles. The van der Waals surface area contributed by atoms with Crippen LogP contribution in [0, 0.1) is 0 Å². The molecule has 0 spiro atoms. The van der Waals surface area contributed by atoms with Crippen molar-refractivity contribution in [2.75, 3.05) is 6.54 Å². The maximum atomic E-state index is 11.7. The van der Waals surface area contributed by atoms with E-state index in [1.807, 2.05) is 24.3 Å². The van der Waals surface area contributed by atoms with Gasteiger partial charge in [0.05, 0.1) is 0 Å². The third-order valence-electron chi connectivity index (χ3n) is 2.97. The van der Waals surface area contributed by atoms with E-state index in [1.165, 1.54) is 0 Å². The van der Waals surface area contributed by atoms with Crippen molar-refractivity contribution in [3.05, 3.63) is 30.3 Å². The zero-order valence-corrected chi connectivity index (χ0v) is 12.3. The van der Waals surface area contributed by atoms with Crippen LogP contribution in [-0.2, 0) is 11.3 Å². The quantitative estimate of drug-likeness (QED) is 0.740. The molecule has 0 fully saturated rings. The number of tetrazole rings is 1. The van der Waals surface area contributed by atoms with Crippen LogP contribution < -0.4 is 10.6 Å². The summed E-state index contributed by atoms with van der Waals surface area (Å²) in [6.07, 6.45) is 0. The Bertz CT molecular complexity index is 820. The molecule has 0 bridgehead atoms. The van der Waals surface area contributed by atoms with Crippen LogP contribution in [-0.4, -0.2) is 38.7 Å². The fraction of sp³-hybridized carbons (Fsp3) is 0.214. The lowest BCUT2D eigenvalue weighted by atomic mass is 10.2. The summed E-state index contributed by atoms with van der Waals surface area (Å²) in [7, 11) is 0. The first kappa shape index (κ1) is 14.7. The highest BCUT2D eigenvalue weighted by atomic mass is 16.3. The molecule has 2 N–H and O–H groups in total. The molecule has 0 unspecified atom stereocenters. The molecule has 0 saturated heterocycles. The Kier molecular flexibility index (Phi) is 4.00. The smallest absolute Gasteiger partial charge is 0.321 e. The number of carbonyl (C=O) groups excluding carboxylic acids is 2. The largest absolute Gasteiger partial charge is 0.453 e. The molecule has 0 radical (unpaired) electrons. The Morgan fingerprint density at radius 3 is 2.91 bits per heavy atom. The normalized spacial score (nSPS) is 10.7. The van der Waals surface area contributed by atoms with Gasteiger partial charge in [0.2, 0.25) is 5.82 Å². The molecule has 0 atom stereocenters. The van der Waals surface area contributed by atoms with Crippen LogP contribution >= 0.6 is 0 Å². The van der Waals surface area contributed by atoms with Crippen molar-refractivity contribution in [1.29, 1.82) is 0 Å². The highest BCUT2D eigenvalue weighted by Crippen LogP contribution is 2.24. The maximum absolute atomic E-state index is 11.7. The fourth-order valence-electron chi connectivity index (χ4n) is 2.00. The van der Waals surface area contributed by atoms with E-state index < -0.39 is 11.9 Å². The highest BCUT2D eigenvalue weighted by Gasteiger charge is 2.14. The van der Waals surface area contributed by atoms with Gasteiger partial charge >= 0.3 is 6.03 Å². The van der Waals surface area contributed by atoms with Crippen molar-refractivity contribution in [3.63, 3.8) is 0 Å². The van der Waals surface area contributed by atoms with E-state index in [9.17, 15) is 9.59 Å². The van der Waals surface area contributed by atoms with Crippen LogP contribution in [0.2, 0.25) is 0 Å². The summed E-state index contributed by atoms with van der Waals surface area (Å²) < 4.78 is 5.63. The van der Waals surface area contributed by atoms with Crippen molar-refractivity contribution in [1.82, 2.24) is 30.8 Å². The number of benzene rings is 1. The minimum atomic E-state index is -0.560. The predicted molar refractivity (Wildman–Crippen MR) is 80.2 cm³/mol. The molecular weight excluding hydrogens is 300 g/mol. The molecule has 9 nitrogen and oxygen atoms in total. The Labute approximate surface area is 130 Å². The third kappa shape index (κ3) is 3.34. The first-order chi connectivity index (χ1) is 11.2. The van der Waals surface area contributed by atoms with Crippen molar-refractivity contribution >= 4 is 22.9 Å². The molecule has 2 aromatic heterocycles. The molecule has 3 amide bonds. The monoisotopic (exact) mass is 314 g/mol. The van der Waals surface area contributed by atoms with Gasteiger partial charge in [0, 0.05) is 11.9 Å². The average molecular weight is 314 g/mol. The Morgan fingerprint density at radius 1 is 1.30 bits per heavy atom. The van der Waals surface area contributed by atoms with Crippen LogP contribution in [0.4, 0.5) is 4.79 Å². The van der Waals surface area contributed by atoms with Gasteiger partial charge in [-0.3, -0.25) is 10.1 Å². The molecule has 3 aromatic rings. The number of fused-ring (bicyclic) bond motifs is 1. The minimum absolute atomic E-state index is 0.218. The molecule has 2 heterocycles. The number of hydrogen-bond acceptors (Lipinski definition) is 6. The number of hydrogen-bond donors (Lipinski definition) is 2. The maximum Gasteiger partial charge on any atom is 0.321 e. The van der Waals surface area contributed by atoms with Crippen molar-refractivity contribution < 1.29 is 14.0 Å². The average Bonchev–Trinajstić information content (AvgIpc) is 3.13. The summed E-state index contributed by atoms with van der Waals surface area (Å²) in [5.74, 6) is 0.193. The van der Waals surface area contributed by atoms with Gasteiger partial charge in [0.15, 0.2) is 5.76 Å². The molecule has 23 heavy (non-hydrogen) atoms. The highest BCUT2D eigenvalue weighted by molar-refractivity contribution is 5.94.